The average Bonchev–Trinajstić information content (AvgIpc) is 2.96. The molecule has 2 heterocycles. The summed E-state index contributed by atoms with van der Waals surface area (Å²) in [6.07, 6.45) is 0.204. The Morgan fingerprint density at radius 1 is 1.24 bits per heavy atom. The van der Waals surface area contributed by atoms with Crippen molar-refractivity contribution in [1.29, 1.82) is 0 Å². The number of rotatable bonds is 3. The summed E-state index contributed by atoms with van der Waals surface area (Å²) in [5.41, 5.74) is 1.72. The lowest BCUT2D eigenvalue weighted by Gasteiger charge is -2.14. The van der Waals surface area contributed by atoms with Crippen LogP contribution in [-0.2, 0) is 9.59 Å². The van der Waals surface area contributed by atoms with Crippen LogP contribution in [0.5, 0.6) is 0 Å². The van der Waals surface area contributed by atoms with Crippen molar-refractivity contribution in [1.82, 2.24) is 9.36 Å². The Hall–Kier alpha value is -1.73. The van der Waals surface area contributed by atoms with E-state index in [0.717, 1.165) is 9.90 Å². The molecule has 0 bridgehead atoms. The van der Waals surface area contributed by atoms with E-state index in [0.29, 0.717) is 11.5 Å². The fourth-order valence-electron chi connectivity index (χ4n) is 2.11. The zero-order chi connectivity index (χ0) is 15.0. The SMILES string of the molecule is Cc1ccc(N2C(=O)CC(Sc3nc(C)ns3)C2=O)cc1. The van der Waals surface area contributed by atoms with Gasteiger partial charge < -0.3 is 0 Å². The van der Waals surface area contributed by atoms with Gasteiger partial charge in [0.05, 0.1) is 5.69 Å². The molecule has 5 nitrogen and oxygen atoms in total. The van der Waals surface area contributed by atoms with Gasteiger partial charge in [-0.3, -0.25) is 9.59 Å². The van der Waals surface area contributed by atoms with Gasteiger partial charge in [0.15, 0.2) is 4.34 Å². The van der Waals surface area contributed by atoms with Gasteiger partial charge in [0.2, 0.25) is 11.8 Å². The van der Waals surface area contributed by atoms with Crippen molar-refractivity contribution < 1.29 is 9.59 Å². The van der Waals surface area contributed by atoms with Crippen LogP contribution in [0.1, 0.15) is 17.8 Å². The van der Waals surface area contributed by atoms with Crippen molar-refractivity contribution in [3.63, 3.8) is 0 Å². The van der Waals surface area contributed by atoms with Gasteiger partial charge in [-0.05, 0) is 37.5 Å². The molecule has 0 N–H and O–H groups in total. The number of benzene rings is 1. The van der Waals surface area contributed by atoms with E-state index < -0.39 is 5.25 Å². The summed E-state index contributed by atoms with van der Waals surface area (Å²) in [6, 6.07) is 7.38. The van der Waals surface area contributed by atoms with Gasteiger partial charge in [0.25, 0.3) is 0 Å². The number of nitrogens with zero attached hydrogens (tertiary/aromatic N) is 3. The third-order valence-electron chi connectivity index (χ3n) is 3.15. The van der Waals surface area contributed by atoms with E-state index in [9.17, 15) is 9.59 Å². The Labute approximate surface area is 130 Å². The second-order valence-electron chi connectivity index (χ2n) is 4.82. The molecule has 1 aliphatic rings. The van der Waals surface area contributed by atoms with Crippen molar-refractivity contribution in [2.75, 3.05) is 4.90 Å². The molecule has 2 aromatic rings. The first-order valence-electron chi connectivity index (χ1n) is 6.45. The molecule has 3 rings (SSSR count). The predicted molar refractivity (Wildman–Crippen MR) is 82.6 cm³/mol. The van der Waals surface area contributed by atoms with Crippen LogP contribution in [0.4, 0.5) is 5.69 Å². The molecule has 1 aliphatic heterocycles. The first kappa shape index (κ1) is 14.2. The predicted octanol–water partition coefficient (Wildman–Crippen LogP) is 2.58. The van der Waals surface area contributed by atoms with E-state index in [-0.39, 0.29) is 18.2 Å². The van der Waals surface area contributed by atoms with E-state index in [2.05, 4.69) is 9.36 Å². The van der Waals surface area contributed by atoms with Crippen molar-refractivity contribution >= 4 is 40.8 Å². The normalized spacial score (nSPS) is 18.6. The highest BCUT2D eigenvalue weighted by Gasteiger charge is 2.40. The highest BCUT2D eigenvalue weighted by Crippen LogP contribution is 2.34. The molecule has 1 unspecified atom stereocenters. The number of anilines is 1. The maximum atomic E-state index is 12.5. The van der Waals surface area contributed by atoms with Gasteiger partial charge in [0, 0.05) is 6.42 Å². The lowest BCUT2D eigenvalue weighted by molar-refractivity contribution is -0.121. The summed E-state index contributed by atoms with van der Waals surface area (Å²) in [5.74, 6) is 0.346. The number of aryl methyl sites for hydroxylation is 2. The third-order valence-corrected chi connectivity index (χ3v) is 5.21. The molecule has 0 spiro atoms. The maximum Gasteiger partial charge on any atom is 0.247 e. The van der Waals surface area contributed by atoms with Crippen molar-refractivity contribution in [3.8, 4) is 0 Å². The van der Waals surface area contributed by atoms with Crippen LogP contribution < -0.4 is 4.90 Å². The molecule has 0 aliphatic carbocycles. The molecule has 1 atom stereocenters. The summed E-state index contributed by atoms with van der Waals surface area (Å²) in [4.78, 5) is 30.1. The Kier molecular flexibility index (Phi) is 3.77. The molecule has 2 amide bonds. The Bertz CT molecular complexity index is 696. The van der Waals surface area contributed by atoms with E-state index >= 15 is 0 Å². The summed E-state index contributed by atoms with van der Waals surface area (Å²) in [7, 11) is 0. The van der Waals surface area contributed by atoms with Gasteiger partial charge in [-0.1, -0.05) is 29.5 Å². The fourth-order valence-corrected chi connectivity index (χ4v) is 4.03. The van der Waals surface area contributed by atoms with E-state index in [4.69, 9.17) is 0 Å². The number of aromatic nitrogens is 2. The molecule has 1 fully saturated rings. The molecule has 1 aromatic heterocycles. The van der Waals surface area contributed by atoms with Gasteiger partial charge in [-0.15, -0.1) is 0 Å². The zero-order valence-corrected chi connectivity index (χ0v) is 13.2. The monoisotopic (exact) mass is 319 g/mol. The van der Waals surface area contributed by atoms with Gasteiger partial charge in [-0.25, -0.2) is 9.88 Å². The number of hydrogen-bond acceptors (Lipinski definition) is 6. The maximum absolute atomic E-state index is 12.5. The molecular formula is C14H13N3O2S2. The molecule has 1 aromatic carbocycles. The molecule has 1 saturated heterocycles. The van der Waals surface area contributed by atoms with Crippen molar-refractivity contribution in [2.24, 2.45) is 0 Å². The number of hydrogen-bond donors (Lipinski definition) is 0. The van der Waals surface area contributed by atoms with Crippen molar-refractivity contribution in [3.05, 3.63) is 35.7 Å². The summed E-state index contributed by atoms with van der Waals surface area (Å²) in [6.45, 7) is 3.77. The van der Waals surface area contributed by atoms with Crippen molar-refractivity contribution in [2.45, 2.75) is 29.9 Å². The Balaban J connectivity index is 1.80. The van der Waals surface area contributed by atoms with E-state index in [1.165, 1.54) is 28.2 Å². The van der Waals surface area contributed by atoms with Crippen LogP contribution in [0, 0.1) is 13.8 Å². The smallest absolute Gasteiger partial charge is 0.247 e. The van der Waals surface area contributed by atoms with Gasteiger partial charge >= 0.3 is 0 Å². The highest BCUT2D eigenvalue weighted by atomic mass is 32.2. The number of amides is 2. The second-order valence-corrected chi connectivity index (χ2v) is 7.02. The highest BCUT2D eigenvalue weighted by molar-refractivity contribution is 8.02. The zero-order valence-electron chi connectivity index (χ0n) is 11.6. The van der Waals surface area contributed by atoms with Crippen LogP contribution in [0.2, 0.25) is 0 Å². The second kappa shape index (κ2) is 5.57. The van der Waals surface area contributed by atoms with Crippen LogP contribution in [0.3, 0.4) is 0 Å². The summed E-state index contributed by atoms with van der Waals surface area (Å²) in [5, 5.41) is -0.411. The van der Waals surface area contributed by atoms with Crippen LogP contribution in [0.15, 0.2) is 28.6 Å². The average molecular weight is 319 g/mol. The van der Waals surface area contributed by atoms with Crippen LogP contribution in [-0.4, -0.2) is 26.4 Å². The summed E-state index contributed by atoms with van der Waals surface area (Å²) < 4.78 is 4.82. The fraction of sp³-hybridized carbons (Fsp3) is 0.286. The lowest BCUT2D eigenvalue weighted by atomic mass is 10.2. The Morgan fingerprint density at radius 3 is 2.57 bits per heavy atom. The minimum Gasteiger partial charge on any atom is -0.274 e. The Morgan fingerprint density at radius 2 is 1.95 bits per heavy atom. The number of imide groups is 1. The minimum atomic E-state index is -0.411. The number of carbonyl (C=O) groups is 2. The standard InChI is InChI=1S/C14H13N3O2S2/c1-8-3-5-10(6-4-8)17-12(18)7-11(13(17)19)20-14-15-9(2)16-21-14/h3-6,11H,7H2,1-2H3. The van der Waals surface area contributed by atoms with Crippen LogP contribution in [0.25, 0.3) is 0 Å². The molecule has 0 radical (unpaired) electrons. The van der Waals surface area contributed by atoms with E-state index in [1.54, 1.807) is 19.1 Å². The number of carbonyl (C=O) groups excluding carboxylic acids is 2. The largest absolute Gasteiger partial charge is 0.274 e. The quantitative estimate of drug-likeness (QED) is 0.814. The first-order valence-corrected chi connectivity index (χ1v) is 8.10. The molecular weight excluding hydrogens is 306 g/mol. The van der Waals surface area contributed by atoms with Gasteiger partial charge in [0.1, 0.15) is 11.1 Å². The molecule has 21 heavy (non-hydrogen) atoms. The molecule has 108 valence electrons. The van der Waals surface area contributed by atoms with Crippen LogP contribution >= 0.6 is 23.3 Å². The third kappa shape index (κ3) is 2.84. The number of thioether (sulfide) groups is 1. The summed E-state index contributed by atoms with van der Waals surface area (Å²) >= 11 is 2.58. The van der Waals surface area contributed by atoms with Gasteiger partial charge in [-0.2, -0.15) is 4.37 Å². The molecule has 0 saturated carbocycles. The lowest BCUT2D eigenvalue weighted by Crippen LogP contribution is -2.31. The topological polar surface area (TPSA) is 63.2 Å². The minimum absolute atomic E-state index is 0.164. The molecule has 7 heteroatoms. The first-order chi connectivity index (χ1) is 10.0. The van der Waals surface area contributed by atoms with E-state index in [1.807, 2.05) is 19.1 Å².